The molecular formula is C19H18N2. The summed E-state index contributed by atoms with van der Waals surface area (Å²) in [5, 5.41) is 1.20. The fourth-order valence-electron chi connectivity index (χ4n) is 3.24. The molecule has 21 heavy (non-hydrogen) atoms. The zero-order valence-corrected chi connectivity index (χ0v) is 12.2. The van der Waals surface area contributed by atoms with Gasteiger partial charge in [-0.3, -0.25) is 4.98 Å². The van der Waals surface area contributed by atoms with Gasteiger partial charge < -0.3 is 4.90 Å². The Balaban J connectivity index is 1.68. The third kappa shape index (κ3) is 2.17. The number of benzene rings is 2. The van der Waals surface area contributed by atoms with Crippen molar-refractivity contribution in [2.75, 3.05) is 4.90 Å². The van der Waals surface area contributed by atoms with Crippen LogP contribution in [0.2, 0.25) is 0 Å². The molecule has 3 aromatic rings. The maximum atomic E-state index is 4.80. The summed E-state index contributed by atoms with van der Waals surface area (Å²) >= 11 is 0. The number of nitrogens with zero attached hydrogens (tertiary/aromatic N) is 2. The molecule has 2 heterocycles. The molecule has 0 spiro atoms. The van der Waals surface area contributed by atoms with E-state index in [-0.39, 0.29) is 0 Å². The smallest absolute Gasteiger partial charge is 0.0706 e. The average molecular weight is 274 g/mol. The summed E-state index contributed by atoms with van der Waals surface area (Å²) in [6.07, 6.45) is 1.13. The average Bonchev–Trinajstić information content (AvgIpc) is 2.83. The first-order valence-electron chi connectivity index (χ1n) is 7.50. The van der Waals surface area contributed by atoms with E-state index in [1.54, 1.807) is 0 Å². The van der Waals surface area contributed by atoms with E-state index in [1.807, 2.05) is 6.07 Å². The number of pyridine rings is 1. The number of fused-ring (bicyclic) bond motifs is 2. The second kappa shape index (κ2) is 4.88. The van der Waals surface area contributed by atoms with Gasteiger partial charge in [0.15, 0.2) is 0 Å². The van der Waals surface area contributed by atoms with Crippen LogP contribution in [0.3, 0.4) is 0 Å². The van der Waals surface area contributed by atoms with E-state index in [0.717, 1.165) is 24.2 Å². The van der Waals surface area contributed by atoms with Crippen molar-refractivity contribution in [3.05, 3.63) is 71.9 Å². The van der Waals surface area contributed by atoms with Gasteiger partial charge in [-0.25, -0.2) is 0 Å². The number of hydrogen-bond donors (Lipinski definition) is 0. The topological polar surface area (TPSA) is 16.1 Å². The number of para-hydroxylation sites is 2. The van der Waals surface area contributed by atoms with Crippen LogP contribution >= 0.6 is 0 Å². The lowest BCUT2D eigenvalue weighted by Gasteiger charge is -2.24. The molecule has 1 aliphatic heterocycles. The van der Waals surface area contributed by atoms with Crippen molar-refractivity contribution in [2.24, 2.45) is 0 Å². The Hall–Kier alpha value is -2.35. The molecule has 2 heteroatoms. The highest BCUT2D eigenvalue weighted by Gasteiger charge is 2.25. The Morgan fingerprint density at radius 1 is 1.00 bits per heavy atom. The van der Waals surface area contributed by atoms with E-state index in [4.69, 9.17) is 4.98 Å². The predicted octanol–water partition coefficient (Wildman–Crippen LogP) is 4.19. The normalized spacial score (nSPS) is 17.2. The van der Waals surface area contributed by atoms with E-state index in [2.05, 4.69) is 66.4 Å². The molecule has 0 amide bonds. The zero-order chi connectivity index (χ0) is 14.2. The first-order chi connectivity index (χ1) is 10.3. The monoisotopic (exact) mass is 274 g/mol. The van der Waals surface area contributed by atoms with E-state index in [1.165, 1.54) is 16.6 Å². The number of aromatic nitrogens is 1. The second-order valence-electron chi connectivity index (χ2n) is 5.81. The zero-order valence-electron chi connectivity index (χ0n) is 12.2. The minimum Gasteiger partial charge on any atom is -0.362 e. The highest BCUT2D eigenvalue weighted by molar-refractivity contribution is 5.78. The van der Waals surface area contributed by atoms with Crippen LogP contribution in [0.5, 0.6) is 0 Å². The first-order valence-corrected chi connectivity index (χ1v) is 7.50. The van der Waals surface area contributed by atoms with Crippen molar-refractivity contribution in [3.63, 3.8) is 0 Å². The Morgan fingerprint density at radius 2 is 1.81 bits per heavy atom. The molecule has 1 unspecified atom stereocenters. The van der Waals surface area contributed by atoms with Gasteiger partial charge in [-0.2, -0.15) is 0 Å². The lowest BCUT2D eigenvalue weighted by atomic mass is 10.1. The molecule has 0 aliphatic carbocycles. The number of anilines is 1. The van der Waals surface area contributed by atoms with E-state index in [0.29, 0.717) is 6.04 Å². The van der Waals surface area contributed by atoms with Gasteiger partial charge in [0.1, 0.15) is 0 Å². The molecule has 1 aliphatic rings. The summed E-state index contributed by atoms with van der Waals surface area (Å²) in [5.74, 6) is 0. The molecule has 0 bridgehead atoms. The van der Waals surface area contributed by atoms with Crippen molar-refractivity contribution in [2.45, 2.75) is 25.9 Å². The third-order valence-electron chi connectivity index (χ3n) is 4.34. The van der Waals surface area contributed by atoms with Crippen LogP contribution in [-0.2, 0) is 13.0 Å². The van der Waals surface area contributed by atoms with Gasteiger partial charge in [0.25, 0.3) is 0 Å². The summed E-state index contributed by atoms with van der Waals surface area (Å²) in [7, 11) is 0. The summed E-state index contributed by atoms with van der Waals surface area (Å²) in [5.41, 5.74) is 5.03. The van der Waals surface area contributed by atoms with Gasteiger partial charge in [0, 0.05) is 17.1 Å². The third-order valence-corrected chi connectivity index (χ3v) is 4.34. The highest BCUT2D eigenvalue weighted by atomic mass is 15.2. The van der Waals surface area contributed by atoms with Crippen molar-refractivity contribution in [3.8, 4) is 0 Å². The van der Waals surface area contributed by atoms with Crippen LogP contribution in [0.1, 0.15) is 18.2 Å². The molecule has 2 aromatic carbocycles. The van der Waals surface area contributed by atoms with Crippen LogP contribution in [0.15, 0.2) is 60.7 Å². The minimum atomic E-state index is 0.538. The Labute approximate surface area is 125 Å². The Morgan fingerprint density at radius 3 is 2.76 bits per heavy atom. The Kier molecular flexibility index (Phi) is 2.88. The van der Waals surface area contributed by atoms with Gasteiger partial charge >= 0.3 is 0 Å². The molecule has 0 radical (unpaired) electrons. The molecule has 0 saturated heterocycles. The predicted molar refractivity (Wildman–Crippen MR) is 87.5 cm³/mol. The van der Waals surface area contributed by atoms with Gasteiger partial charge in [0.05, 0.1) is 17.8 Å². The van der Waals surface area contributed by atoms with Gasteiger partial charge in [-0.15, -0.1) is 0 Å². The quantitative estimate of drug-likeness (QED) is 0.696. The Bertz CT molecular complexity index is 794. The summed E-state index contributed by atoms with van der Waals surface area (Å²) < 4.78 is 0. The second-order valence-corrected chi connectivity index (χ2v) is 5.81. The van der Waals surface area contributed by atoms with Gasteiger partial charge in [0.2, 0.25) is 0 Å². The minimum absolute atomic E-state index is 0.538. The van der Waals surface area contributed by atoms with Crippen LogP contribution in [-0.4, -0.2) is 11.0 Å². The van der Waals surface area contributed by atoms with Gasteiger partial charge in [-0.05, 0) is 37.1 Å². The van der Waals surface area contributed by atoms with E-state index in [9.17, 15) is 0 Å². The maximum absolute atomic E-state index is 4.80. The van der Waals surface area contributed by atoms with Crippen LogP contribution in [0.25, 0.3) is 10.9 Å². The SMILES string of the molecule is CC1Cc2ccccc2N1Cc1ccc2ccccc2n1. The molecular weight excluding hydrogens is 256 g/mol. The fourth-order valence-corrected chi connectivity index (χ4v) is 3.24. The van der Waals surface area contributed by atoms with Gasteiger partial charge in [-0.1, -0.05) is 42.5 Å². The lowest BCUT2D eigenvalue weighted by molar-refractivity contribution is 0.666. The van der Waals surface area contributed by atoms with Crippen molar-refractivity contribution in [1.82, 2.24) is 4.98 Å². The van der Waals surface area contributed by atoms with Crippen molar-refractivity contribution >= 4 is 16.6 Å². The van der Waals surface area contributed by atoms with Crippen molar-refractivity contribution in [1.29, 1.82) is 0 Å². The highest BCUT2D eigenvalue weighted by Crippen LogP contribution is 2.32. The molecule has 1 aromatic heterocycles. The number of rotatable bonds is 2. The molecule has 0 saturated carbocycles. The summed E-state index contributed by atoms with van der Waals surface area (Å²) in [6.45, 7) is 3.17. The van der Waals surface area contributed by atoms with Crippen LogP contribution < -0.4 is 4.90 Å². The largest absolute Gasteiger partial charge is 0.362 e. The lowest BCUT2D eigenvalue weighted by Crippen LogP contribution is -2.28. The van der Waals surface area contributed by atoms with E-state index < -0.39 is 0 Å². The molecule has 1 atom stereocenters. The molecule has 104 valence electrons. The molecule has 4 rings (SSSR count). The fraction of sp³-hybridized carbons (Fsp3) is 0.211. The van der Waals surface area contributed by atoms with E-state index >= 15 is 0 Å². The van der Waals surface area contributed by atoms with Crippen LogP contribution in [0, 0.1) is 0 Å². The standard InChI is InChI=1S/C19H18N2/c1-14-12-16-7-3-5-9-19(16)21(14)13-17-11-10-15-6-2-4-8-18(15)20-17/h2-11,14H,12-13H2,1H3. The number of hydrogen-bond acceptors (Lipinski definition) is 2. The maximum Gasteiger partial charge on any atom is 0.0706 e. The van der Waals surface area contributed by atoms with Crippen molar-refractivity contribution < 1.29 is 0 Å². The molecule has 0 N–H and O–H groups in total. The molecule has 2 nitrogen and oxygen atoms in total. The van der Waals surface area contributed by atoms with Crippen LogP contribution in [0.4, 0.5) is 5.69 Å². The summed E-state index contributed by atoms with van der Waals surface area (Å²) in [6, 6.07) is 21.9. The molecule has 0 fully saturated rings. The summed E-state index contributed by atoms with van der Waals surface area (Å²) in [4.78, 5) is 7.27. The first kappa shape index (κ1) is 12.4.